The molecule has 1 unspecified atom stereocenters. The molecule has 0 radical (unpaired) electrons. The first-order chi connectivity index (χ1) is 9.90. The molecule has 8 heteroatoms. The van der Waals surface area contributed by atoms with Gasteiger partial charge in [-0.25, -0.2) is 13.1 Å². The number of sulfonamides is 1. The van der Waals surface area contributed by atoms with Crippen LogP contribution in [0.4, 0.5) is 5.69 Å². The Morgan fingerprint density at radius 3 is 2.76 bits per heavy atom. The predicted octanol–water partition coefficient (Wildman–Crippen LogP) is 2.88. The lowest BCUT2D eigenvalue weighted by molar-refractivity contribution is -0.385. The molecule has 0 heterocycles. The second-order valence-corrected chi connectivity index (χ2v) is 7.02. The van der Waals surface area contributed by atoms with E-state index in [2.05, 4.69) is 10.8 Å². The standard InChI is InChI=1S/C13H15ClN2O4S/c14-12-7-6-11(16(17)18)8-13(12)21(19,20)15-9-10-4-2-1-3-5-10/h1-2,6-8,10,15H,3-5,9H2. The minimum atomic E-state index is -3.86. The molecule has 0 saturated carbocycles. The molecular formula is C13H15ClN2O4S. The summed E-state index contributed by atoms with van der Waals surface area (Å²) in [6.07, 6.45) is 6.78. The molecule has 0 aromatic heterocycles. The van der Waals surface area contributed by atoms with Crippen molar-refractivity contribution in [2.24, 2.45) is 5.92 Å². The second kappa shape index (κ2) is 6.55. The van der Waals surface area contributed by atoms with E-state index in [-0.39, 0.29) is 21.5 Å². The lowest BCUT2D eigenvalue weighted by Crippen LogP contribution is -2.30. The summed E-state index contributed by atoms with van der Waals surface area (Å²) in [6, 6.07) is 3.37. The van der Waals surface area contributed by atoms with Crippen molar-refractivity contribution < 1.29 is 13.3 Å². The number of nitro benzene ring substituents is 1. The first-order valence-electron chi connectivity index (χ1n) is 6.49. The highest BCUT2D eigenvalue weighted by Gasteiger charge is 2.22. The molecule has 6 nitrogen and oxygen atoms in total. The van der Waals surface area contributed by atoms with Crippen LogP contribution in [0.3, 0.4) is 0 Å². The van der Waals surface area contributed by atoms with Gasteiger partial charge in [-0.1, -0.05) is 23.8 Å². The summed E-state index contributed by atoms with van der Waals surface area (Å²) in [7, 11) is -3.86. The summed E-state index contributed by atoms with van der Waals surface area (Å²) in [4.78, 5) is 9.83. The van der Waals surface area contributed by atoms with Crippen LogP contribution in [0.25, 0.3) is 0 Å². The van der Waals surface area contributed by atoms with Gasteiger partial charge in [0, 0.05) is 18.7 Å². The number of hydrogen-bond donors (Lipinski definition) is 1. The van der Waals surface area contributed by atoms with E-state index in [4.69, 9.17) is 11.6 Å². The van der Waals surface area contributed by atoms with Crippen LogP contribution < -0.4 is 4.72 Å². The van der Waals surface area contributed by atoms with Gasteiger partial charge in [0.25, 0.3) is 5.69 Å². The van der Waals surface area contributed by atoms with Crippen LogP contribution in [-0.2, 0) is 10.0 Å². The number of rotatable bonds is 5. The number of allylic oxidation sites excluding steroid dienone is 2. The van der Waals surface area contributed by atoms with Crippen molar-refractivity contribution in [3.8, 4) is 0 Å². The van der Waals surface area contributed by atoms with Gasteiger partial charge in [0.05, 0.1) is 9.95 Å². The zero-order chi connectivity index (χ0) is 15.5. The molecule has 0 saturated heterocycles. The van der Waals surface area contributed by atoms with E-state index < -0.39 is 14.9 Å². The number of nitrogens with one attached hydrogen (secondary N) is 1. The third-order valence-electron chi connectivity index (χ3n) is 3.35. The Hall–Kier alpha value is -1.44. The highest BCUT2D eigenvalue weighted by molar-refractivity contribution is 7.89. The van der Waals surface area contributed by atoms with Gasteiger partial charge in [-0.15, -0.1) is 0 Å². The normalized spacial score (nSPS) is 18.6. The minimum absolute atomic E-state index is 0.0309. The van der Waals surface area contributed by atoms with Crippen molar-refractivity contribution in [1.82, 2.24) is 4.72 Å². The molecule has 0 spiro atoms. The highest BCUT2D eigenvalue weighted by Crippen LogP contribution is 2.26. The molecule has 1 aliphatic carbocycles. The summed E-state index contributed by atoms with van der Waals surface area (Å²) in [5.41, 5.74) is -0.305. The van der Waals surface area contributed by atoms with Gasteiger partial charge in [0.2, 0.25) is 10.0 Å². The van der Waals surface area contributed by atoms with Crippen LogP contribution >= 0.6 is 11.6 Å². The molecule has 1 N–H and O–H groups in total. The second-order valence-electron chi connectivity index (χ2n) is 4.87. The summed E-state index contributed by atoms with van der Waals surface area (Å²) in [5, 5.41) is 10.7. The van der Waals surface area contributed by atoms with Crippen LogP contribution in [0.15, 0.2) is 35.2 Å². The summed E-state index contributed by atoms with van der Waals surface area (Å²) in [6.45, 7) is 0.297. The molecule has 0 fully saturated rings. The molecule has 1 aromatic carbocycles. The van der Waals surface area contributed by atoms with Gasteiger partial charge < -0.3 is 0 Å². The molecular weight excluding hydrogens is 316 g/mol. The van der Waals surface area contributed by atoms with Crippen LogP contribution in [0.1, 0.15) is 19.3 Å². The van der Waals surface area contributed by atoms with Crippen molar-refractivity contribution in [3.63, 3.8) is 0 Å². The molecule has 21 heavy (non-hydrogen) atoms. The fourth-order valence-corrected chi connectivity index (χ4v) is 3.79. The van der Waals surface area contributed by atoms with E-state index in [9.17, 15) is 18.5 Å². The van der Waals surface area contributed by atoms with Gasteiger partial charge in [-0.2, -0.15) is 0 Å². The molecule has 1 atom stereocenters. The van der Waals surface area contributed by atoms with Crippen LogP contribution in [0.5, 0.6) is 0 Å². The monoisotopic (exact) mass is 330 g/mol. The predicted molar refractivity (Wildman–Crippen MR) is 79.8 cm³/mol. The maximum absolute atomic E-state index is 12.2. The SMILES string of the molecule is O=[N+]([O-])c1ccc(Cl)c(S(=O)(=O)NCC2CC=CCC2)c1. The smallest absolute Gasteiger partial charge is 0.258 e. The number of nitro groups is 1. The van der Waals surface area contributed by atoms with E-state index in [1.165, 1.54) is 12.1 Å². The first kappa shape index (κ1) is 15.9. The topological polar surface area (TPSA) is 89.3 Å². The third kappa shape index (κ3) is 4.03. The minimum Gasteiger partial charge on any atom is -0.258 e. The van der Waals surface area contributed by atoms with E-state index in [1.807, 2.05) is 6.08 Å². The zero-order valence-electron chi connectivity index (χ0n) is 11.2. The molecule has 114 valence electrons. The fourth-order valence-electron chi connectivity index (χ4n) is 2.16. The molecule has 1 aliphatic rings. The van der Waals surface area contributed by atoms with E-state index >= 15 is 0 Å². The van der Waals surface area contributed by atoms with E-state index in [0.717, 1.165) is 25.3 Å². The van der Waals surface area contributed by atoms with Gasteiger partial charge in [0.15, 0.2) is 0 Å². The molecule has 0 aliphatic heterocycles. The Bertz CT molecular complexity index is 673. The quantitative estimate of drug-likeness (QED) is 0.510. The van der Waals surface area contributed by atoms with Gasteiger partial charge in [-0.3, -0.25) is 10.1 Å². The van der Waals surface area contributed by atoms with Gasteiger partial charge in [0.1, 0.15) is 4.90 Å². The van der Waals surface area contributed by atoms with Gasteiger partial charge >= 0.3 is 0 Å². The summed E-state index contributed by atoms with van der Waals surface area (Å²) in [5.74, 6) is 0.238. The van der Waals surface area contributed by atoms with Crippen molar-refractivity contribution in [3.05, 3.63) is 45.5 Å². The maximum atomic E-state index is 12.2. The number of nitrogens with zero attached hydrogens (tertiary/aromatic N) is 1. The number of halogens is 1. The van der Waals surface area contributed by atoms with E-state index in [0.29, 0.717) is 6.54 Å². The fraction of sp³-hybridized carbons (Fsp3) is 0.385. The number of non-ortho nitro benzene ring substituents is 1. The Morgan fingerprint density at radius 2 is 2.14 bits per heavy atom. The summed E-state index contributed by atoms with van der Waals surface area (Å²) < 4.78 is 27.0. The first-order valence-corrected chi connectivity index (χ1v) is 8.35. The van der Waals surface area contributed by atoms with Crippen molar-refractivity contribution in [1.29, 1.82) is 0 Å². The molecule has 0 bridgehead atoms. The average Bonchev–Trinajstić information content (AvgIpc) is 2.46. The average molecular weight is 331 g/mol. The lowest BCUT2D eigenvalue weighted by Gasteiger charge is -2.18. The number of hydrogen-bond acceptors (Lipinski definition) is 4. The van der Waals surface area contributed by atoms with Crippen LogP contribution in [-0.4, -0.2) is 19.9 Å². The zero-order valence-corrected chi connectivity index (χ0v) is 12.7. The van der Waals surface area contributed by atoms with Crippen LogP contribution in [0, 0.1) is 16.0 Å². The van der Waals surface area contributed by atoms with Crippen molar-refractivity contribution in [2.45, 2.75) is 24.2 Å². The molecule has 0 amide bonds. The van der Waals surface area contributed by atoms with E-state index in [1.54, 1.807) is 0 Å². The Balaban J connectivity index is 2.16. The maximum Gasteiger partial charge on any atom is 0.270 e. The number of benzene rings is 1. The highest BCUT2D eigenvalue weighted by atomic mass is 35.5. The third-order valence-corrected chi connectivity index (χ3v) is 5.26. The van der Waals surface area contributed by atoms with Crippen LogP contribution in [0.2, 0.25) is 5.02 Å². The summed E-state index contributed by atoms with van der Waals surface area (Å²) >= 11 is 5.85. The molecule has 1 aromatic rings. The largest absolute Gasteiger partial charge is 0.270 e. The molecule has 2 rings (SSSR count). The Morgan fingerprint density at radius 1 is 1.38 bits per heavy atom. The lowest BCUT2D eigenvalue weighted by atomic mass is 9.95. The Kier molecular flexibility index (Phi) is 4.97. The van der Waals surface area contributed by atoms with Gasteiger partial charge in [-0.05, 0) is 31.2 Å². The van der Waals surface area contributed by atoms with Crippen molar-refractivity contribution >= 4 is 27.3 Å². The Labute approximate surface area is 128 Å². The van der Waals surface area contributed by atoms with Crippen molar-refractivity contribution in [2.75, 3.05) is 6.54 Å².